The average Bonchev–Trinajstić information content (AvgIpc) is 3.73. The van der Waals surface area contributed by atoms with E-state index in [0.717, 1.165) is 31.3 Å². The first-order chi connectivity index (χ1) is 28.0. The normalized spacial score (nSPS) is 18.9. The minimum absolute atomic E-state index is 0.143. The fourth-order valence-electron chi connectivity index (χ4n) is 6.00. The van der Waals surface area contributed by atoms with Crippen LogP contribution in [0.3, 0.4) is 0 Å². The molecule has 2 aliphatic heterocycles. The van der Waals surface area contributed by atoms with Gasteiger partial charge in [-0.1, -0.05) is 24.3 Å². The highest BCUT2D eigenvalue weighted by molar-refractivity contribution is 8.00. The number of nitriles is 1. The van der Waals surface area contributed by atoms with Gasteiger partial charge in [0.1, 0.15) is 30.1 Å². The third kappa shape index (κ3) is 13.1. The number of morpholine rings is 1. The second kappa shape index (κ2) is 22.0. The molecular formula is C39H43F3N6O9S. The molecule has 0 radical (unpaired) electrons. The molecule has 0 saturated carbocycles. The zero-order valence-corrected chi connectivity index (χ0v) is 32.4. The predicted octanol–water partition coefficient (Wildman–Crippen LogP) is 4.48. The number of benzene rings is 2. The number of ether oxygens (including phenoxy) is 6. The van der Waals surface area contributed by atoms with Crippen LogP contribution in [-0.2, 0) is 50.2 Å². The number of rotatable bonds is 18. The minimum Gasteiger partial charge on any atom is -0.428 e. The molecule has 2 aliphatic rings. The number of carbonyl (C=O) groups excluding carboxylic acids is 3. The number of allylic oxidation sites excluding steroid dienone is 2. The van der Waals surface area contributed by atoms with Crippen LogP contribution in [0.15, 0.2) is 67.3 Å². The third-order valence-electron chi connectivity index (χ3n) is 9.05. The molecule has 3 aromatic rings. The Morgan fingerprint density at radius 3 is 2.57 bits per heavy atom. The van der Waals surface area contributed by atoms with E-state index in [2.05, 4.69) is 20.3 Å². The molecule has 1 amide bonds. The summed E-state index contributed by atoms with van der Waals surface area (Å²) in [5.74, 6) is -3.55. The molecule has 2 aromatic carbocycles. The van der Waals surface area contributed by atoms with Crippen LogP contribution in [0, 0.1) is 28.8 Å². The molecule has 0 aliphatic carbocycles. The summed E-state index contributed by atoms with van der Waals surface area (Å²) in [4.78, 5) is 43.9. The summed E-state index contributed by atoms with van der Waals surface area (Å²) in [5.41, 5.74) is -1.59. The lowest BCUT2D eigenvalue weighted by Gasteiger charge is -2.40. The van der Waals surface area contributed by atoms with Gasteiger partial charge in [-0.3, -0.25) is 14.5 Å². The summed E-state index contributed by atoms with van der Waals surface area (Å²) in [6.07, 6.45) is 6.46. The summed E-state index contributed by atoms with van der Waals surface area (Å²) in [5, 5.41) is 14.6. The summed E-state index contributed by atoms with van der Waals surface area (Å²) >= 11 is 1.24. The van der Waals surface area contributed by atoms with Crippen LogP contribution in [0.4, 0.5) is 18.0 Å². The first kappa shape index (κ1) is 43.9. The van der Waals surface area contributed by atoms with E-state index in [1.165, 1.54) is 47.3 Å². The van der Waals surface area contributed by atoms with E-state index < -0.39 is 53.5 Å². The largest absolute Gasteiger partial charge is 0.512 e. The van der Waals surface area contributed by atoms with Crippen molar-refractivity contribution in [3.8, 4) is 6.07 Å². The maximum Gasteiger partial charge on any atom is 0.512 e. The Bertz CT molecular complexity index is 1940. The number of amides is 1. The van der Waals surface area contributed by atoms with Crippen molar-refractivity contribution in [1.29, 1.82) is 5.26 Å². The van der Waals surface area contributed by atoms with Crippen molar-refractivity contribution in [2.24, 2.45) is 0 Å². The van der Waals surface area contributed by atoms with Crippen molar-refractivity contribution in [3.05, 3.63) is 101 Å². The molecule has 310 valence electrons. The predicted molar refractivity (Wildman–Crippen MR) is 202 cm³/mol. The first-order valence-corrected chi connectivity index (χ1v) is 19.3. The number of hydrogen-bond donors (Lipinski definition) is 1. The van der Waals surface area contributed by atoms with Gasteiger partial charge in [0.05, 0.1) is 56.3 Å². The highest BCUT2D eigenvalue weighted by atomic mass is 32.2. The van der Waals surface area contributed by atoms with Crippen molar-refractivity contribution in [3.63, 3.8) is 0 Å². The fraction of sp³-hybridized carbons (Fsp3) is 0.436. The van der Waals surface area contributed by atoms with Gasteiger partial charge in [-0.25, -0.2) is 27.6 Å². The van der Waals surface area contributed by atoms with Crippen LogP contribution >= 0.6 is 11.8 Å². The SMILES string of the molecule is CC(SC1COC(C=CC=Cc2ccc(C#N)cc2F)OC1)C(Cn1cncn1)(OC(=O)OCOC(=O)CCC(=O)NCCN1CCOCC1)c1ccc(F)cc1F. The Morgan fingerprint density at radius 1 is 1.07 bits per heavy atom. The molecule has 2 unspecified atom stereocenters. The van der Waals surface area contributed by atoms with Crippen LogP contribution in [0.2, 0.25) is 0 Å². The Hall–Kier alpha value is -5.26. The van der Waals surface area contributed by atoms with Crippen molar-refractivity contribution >= 4 is 35.9 Å². The molecule has 2 saturated heterocycles. The van der Waals surface area contributed by atoms with Crippen LogP contribution in [0.1, 0.15) is 36.5 Å². The first-order valence-electron chi connectivity index (χ1n) is 18.3. The Morgan fingerprint density at radius 2 is 1.86 bits per heavy atom. The second-order valence-corrected chi connectivity index (χ2v) is 14.7. The maximum atomic E-state index is 15.7. The molecule has 0 spiro atoms. The van der Waals surface area contributed by atoms with E-state index in [4.69, 9.17) is 33.7 Å². The van der Waals surface area contributed by atoms with Crippen molar-refractivity contribution < 1.29 is 56.0 Å². The van der Waals surface area contributed by atoms with Crippen molar-refractivity contribution in [2.75, 3.05) is 59.4 Å². The van der Waals surface area contributed by atoms with E-state index in [-0.39, 0.29) is 54.9 Å². The summed E-state index contributed by atoms with van der Waals surface area (Å²) in [7, 11) is 0. The lowest BCUT2D eigenvalue weighted by atomic mass is 9.89. The fourth-order valence-corrected chi connectivity index (χ4v) is 7.36. The topological polar surface area (TPSA) is 176 Å². The molecule has 5 rings (SSSR count). The maximum absolute atomic E-state index is 15.7. The van der Waals surface area contributed by atoms with E-state index in [0.29, 0.717) is 37.9 Å². The van der Waals surface area contributed by atoms with Gasteiger partial charge in [0, 0.05) is 55.0 Å². The van der Waals surface area contributed by atoms with Crippen LogP contribution in [0.25, 0.3) is 6.08 Å². The zero-order valence-electron chi connectivity index (χ0n) is 31.6. The van der Waals surface area contributed by atoms with Crippen LogP contribution < -0.4 is 5.32 Å². The second-order valence-electron chi connectivity index (χ2n) is 13.1. The molecule has 1 N–H and O–H groups in total. The summed E-state index contributed by atoms with van der Waals surface area (Å²) in [6.45, 7) is 4.74. The number of thioether (sulfide) groups is 1. The van der Waals surface area contributed by atoms with Gasteiger partial charge in [-0.15, -0.1) is 11.8 Å². The van der Waals surface area contributed by atoms with E-state index in [1.54, 1.807) is 25.2 Å². The number of nitrogens with one attached hydrogen (secondary N) is 1. The molecule has 15 nitrogen and oxygen atoms in total. The lowest BCUT2D eigenvalue weighted by Crippen LogP contribution is -2.47. The lowest BCUT2D eigenvalue weighted by molar-refractivity contribution is -0.156. The molecule has 0 bridgehead atoms. The molecule has 1 aromatic heterocycles. The number of nitrogens with zero attached hydrogens (tertiary/aromatic N) is 5. The van der Waals surface area contributed by atoms with Gasteiger partial charge in [0.25, 0.3) is 0 Å². The van der Waals surface area contributed by atoms with E-state index in [1.807, 2.05) is 6.07 Å². The average molecular weight is 829 g/mol. The summed E-state index contributed by atoms with van der Waals surface area (Å²) < 4.78 is 78.3. The highest BCUT2D eigenvalue weighted by Crippen LogP contribution is 2.42. The zero-order chi connectivity index (χ0) is 41.3. The van der Waals surface area contributed by atoms with Gasteiger partial charge < -0.3 is 33.7 Å². The van der Waals surface area contributed by atoms with Gasteiger partial charge >= 0.3 is 12.1 Å². The standard InChI is InChI=1S/C39H43F3N6O9S/c1-27(58-31-21-53-37(54-22-31)5-3-2-4-29-7-6-28(20-43)18-33(29)41)39(23-48-25-44-24-46-48,32-9-8-30(40)19-34(32)42)57-38(51)56-26-55-36(50)11-10-35(49)45-12-13-47-14-16-52-17-15-47/h2-9,18-19,24-25,27,31,37H,10-17,21-23,26H2,1H3,(H,45,49). The Balaban J connectivity index is 1.18. The molecule has 3 heterocycles. The van der Waals surface area contributed by atoms with Crippen LogP contribution in [-0.4, -0.2) is 114 Å². The molecular weight excluding hydrogens is 786 g/mol. The van der Waals surface area contributed by atoms with Gasteiger partial charge in [0.15, 0.2) is 11.9 Å². The number of hydrogen-bond acceptors (Lipinski definition) is 14. The van der Waals surface area contributed by atoms with Gasteiger partial charge in [0.2, 0.25) is 12.7 Å². The van der Waals surface area contributed by atoms with Gasteiger partial charge in [-0.05, 0) is 37.3 Å². The number of carbonyl (C=O) groups is 3. The highest BCUT2D eigenvalue weighted by Gasteiger charge is 2.47. The van der Waals surface area contributed by atoms with Gasteiger partial charge in [-0.2, -0.15) is 10.4 Å². The van der Waals surface area contributed by atoms with E-state index in [9.17, 15) is 23.2 Å². The summed E-state index contributed by atoms with van der Waals surface area (Å²) in [6, 6.07) is 8.87. The molecule has 2 atom stereocenters. The Kier molecular flexibility index (Phi) is 16.7. The number of aromatic nitrogens is 3. The minimum atomic E-state index is -1.90. The molecule has 58 heavy (non-hydrogen) atoms. The number of halogens is 3. The third-order valence-corrected chi connectivity index (χ3v) is 10.5. The Labute approximate surface area is 337 Å². The quantitative estimate of drug-likeness (QED) is 0.108. The molecule has 19 heteroatoms. The molecule has 2 fully saturated rings. The van der Waals surface area contributed by atoms with E-state index >= 15 is 4.39 Å². The van der Waals surface area contributed by atoms with Crippen molar-refractivity contribution in [1.82, 2.24) is 25.0 Å². The monoisotopic (exact) mass is 828 g/mol. The smallest absolute Gasteiger partial charge is 0.428 e. The number of esters is 1. The van der Waals surface area contributed by atoms with Crippen LogP contribution in [0.5, 0.6) is 0 Å². The van der Waals surface area contributed by atoms with Crippen molar-refractivity contribution in [2.45, 2.75) is 48.7 Å².